The molecule has 0 saturated carbocycles. The number of benzene rings is 3. The number of carbonyl (C=O) groups excluding carboxylic acids is 2. The van der Waals surface area contributed by atoms with E-state index in [4.69, 9.17) is 11.6 Å². The van der Waals surface area contributed by atoms with Crippen molar-refractivity contribution >= 4 is 39.1 Å². The summed E-state index contributed by atoms with van der Waals surface area (Å²) < 4.78 is 27.2. The molecule has 1 fully saturated rings. The Balaban J connectivity index is 1.54. The van der Waals surface area contributed by atoms with Gasteiger partial charge in [-0.2, -0.15) is 4.31 Å². The topological polar surface area (TPSA) is 86.8 Å². The first-order valence-electron chi connectivity index (χ1n) is 11.4. The van der Waals surface area contributed by atoms with Crippen LogP contribution in [0.1, 0.15) is 40.4 Å². The van der Waals surface area contributed by atoms with Crippen LogP contribution in [-0.2, 0) is 14.8 Å². The zero-order valence-electron chi connectivity index (χ0n) is 18.9. The van der Waals surface area contributed by atoms with Crippen LogP contribution in [0.3, 0.4) is 0 Å². The predicted molar refractivity (Wildman–Crippen MR) is 134 cm³/mol. The molecule has 0 spiro atoms. The van der Waals surface area contributed by atoms with Crippen molar-refractivity contribution in [3.8, 4) is 0 Å². The van der Waals surface area contributed by atoms with Gasteiger partial charge in [-0.1, -0.05) is 41.9 Å². The van der Waals surface area contributed by atoms with Crippen molar-refractivity contribution in [1.29, 1.82) is 0 Å². The van der Waals surface area contributed by atoms with Gasteiger partial charge in [0.2, 0.25) is 15.9 Å². The van der Waals surface area contributed by atoms with Gasteiger partial charge in [-0.3, -0.25) is 9.59 Å². The summed E-state index contributed by atoms with van der Waals surface area (Å²) in [5.74, 6) is -0.708. The first-order valence-corrected chi connectivity index (χ1v) is 13.2. The summed E-state index contributed by atoms with van der Waals surface area (Å²) in [6.07, 6.45) is 1.69. The Labute approximate surface area is 209 Å². The van der Waals surface area contributed by atoms with Gasteiger partial charge in [-0.05, 0) is 60.9 Å². The summed E-state index contributed by atoms with van der Waals surface area (Å²) in [6, 6.07) is 20.0. The summed E-state index contributed by atoms with van der Waals surface area (Å²) in [6.45, 7) is 0.845. The molecule has 0 aliphatic carbocycles. The maximum atomic E-state index is 13.7. The number of nitrogens with one attached hydrogen (secondary N) is 1. The monoisotopic (exact) mass is 509 g/mol. The van der Waals surface area contributed by atoms with E-state index in [1.807, 2.05) is 30.3 Å². The molecular formula is C26H24ClN3O4S. The Hall–Kier alpha value is -3.20. The van der Waals surface area contributed by atoms with E-state index in [0.29, 0.717) is 34.9 Å². The van der Waals surface area contributed by atoms with Crippen molar-refractivity contribution in [2.45, 2.75) is 23.8 Å². The first kappa shape index (κ1) is 23.5. The van der Waals surface area contributed by atoms with Gasteiger partial charge in [0.15, 0.2) is 0 Å². The maximum absolute atomic E-state index is 13.7. The van der Waals surface area contributed by atoms with E-state index in [1.54, 1.807) is 18.2 Å². The zero-order valence-corrected chi connectivity index (χ0v) is 20.4. The third kappa shape index (κ3) is 4.57. The molecule has 0 radical (unpaired) electrons. The summed E-state index contributed by atoms with van der Waals surface area (Å²) in [4.78, 5) is 28.2. The lowest BCUT2D eigenvalue weighted by molar-refractivity contribution is -0.117. The van der Waals surface area contributed by atoms with Gasteiger partial charge < -0.3 is 10.2 Å². The highest BCUT2D eigenvalue weighted by molar-refractivity contribution is 7.89. The molecule has 2 amide bonds. The van der Waals surface area contributed by atoms with E-state index < -0.39 is 16.1 Å². The van der Waals surface area contributed by atoms with E-state index in [2.05, 4.69) is 5.32 Å². The van der Waals surface area contributed by atoms with Gasteiger partial charge in [0.25, 0.3) is 5.91 Å². The number of sulfonamides is 1. The highest BCUT2D eigenvalue weighted by atomic mass is 35.5. The third-order valence-corrected chi connectivity index (χ3v) is 8.54. The van der Waals surface area contributed by atoms with Gasteiger partial charge in [0, 0.05) is 34.9 Å². The Morgan fingerprint density at radius 1 is 0.943 bits per heavy atom. The average molecular weight is 510 g/mol. The van der Waals surface area contributed by atoms with Crippen molar-refractivity contribution < 1.29 is 18.0 Å². The van der Waals surface area contributed by atoms with Crippen LogP contribution in [-0.4, -0.2) is 49.1 Å². The largest absolute Gasteiger partial charge is 0.324 e. The number of anilines is 1. The fourth-order valence-electron chi connectivity index (χ4n) is 4.67. The molecule has 7 nitrogen and oxygen atoms in total. The number of halogens is 1. The van der Waals surface area contributed by atoms with Gasteiger partial charge in [-0.25, -0.2) is 8.42 Å². The van der Waals surface area contributed by atoms with E-state index in [0.717, 1.165) is 18.4 Å². The Morgan fingerprint density at radius 3 is 2.31 bits per heavy atom. The number of carbonyl (C=O) groups is 2. The SMILES string of the molecule is O=C1CN(C(=O)c2ccc(S(=O)(=O)N3CCCC3)cc2)[C@H](c2ccccc2)c2cc(Cl)ccc2N1. The van der Waals surface area contributed by atoms with Crippen molar-refractivity contribution in [2.24, 2.45) is 0 Å². The molecule has 1 saturated heterocycles. The second kappa shape index (κ2) is 9.45. The fourth-order valence-corrected chi connectivity index (χ4v) is 6.37. The highest BCUT2D eigenvalue weighted by Gasteiger charge is 2.34. The Morgan fingerprint density at radius 2 is 1.63 bits per heavy atom. The molecule has 0 aromatic heterocycles. The minimum Gasteiger partial charge on any atom is -0.324 e. The zero-order chi connectivity index (χ0) is 24.6. The quantitative estimate of drug-likeness (QED) is 0.568. The van der Waals surface area contributed by atoms with E-state index in [-0.39, 0.29) is 23.3 Å². The number of nitrogens with zero attached hydrogens (tertiary/aromatic N) is 2. The summed E-state index contributed by atoms with van der Waals surface area (Å²) in [7, 11) is -3.59. The summed E-state index contributed by atoms with van der Waals surface area (Å²) in [5.41, 5.74) is 2.42. The van der Waals surface area contributed by atoms with Crippen LogP contribution >= 0.6 is 11.6 Å². The molecule has 5 rings (SSSR count). The van der Waals surface area contributed by atoms with Crippen molar-refractivity contribution in [3.05, 3.63) is 94.5 Å². The lowest BCUT2D eigenvalue weighted by Gasteiger charge is -2.31. The highest BCUT2D eigenvalue weighted by Crippen LogP contribution is 2.38. The molecule has 2 aliphatic rings. The fraction of sp³-hybridized carbons (Fsp3) is 0.231. The molecule has 2 heterocycles. The van der Waals surface area contributed by atoms with Crippen LogP contribution in [0.15, 0.2) is 77.7 Å². The molecule has 3 aromatic carbocycles. The number of rotatable bonds is 4. The van der Waals surface area contributed by atoms with E-state index in [1.165, 1.54) is 33.5 Å². The summed E-state index contributed by atoms with van der Waals surface area (Å²) >= 11 is 6.30. The first-order chi connectivity index (χ1) is 16.8. The standard InChI is InChI=1S/C26H24ClN3O4S/c27-20-10-13-23-22(16-20)25(18-6-2-1-3-7-18)30(17-24(31)28-23)26(32)19-8-11-21(12-9-19)35(33,34)29-14-4-5-15-29/h1-3,6-13,16,25H,4-5,14-15,17H2,(H,28,31)/t25-/m1/s1. The molecule has 9 heteroatoms. The Kier molecular flexibility index (Phi) is 6.35. The third-order valence-electron chi connectivity index (χ3n) is 6.39. The lowest BCUT2D eigenvalue weighted by atomic mass is 9.95. The molecule has 180 valence electrons. The van der Waals surface area contributed by atoms with Crippen LogP contribution in [0.4, 0.5) is 5.69 Å². The van der Waals surface area contributed by atoms with Crippen molar-refractivity contribution in [3.63, 3.8) is 0 Å². The van der Waals surface area contributed by atoms with Gasteiger partial charge in [0.05, 0.1) is 10.9 Å². The van der Waals surface area contributed by atoms with Crippen molar-refractivity contribution in [1.82, 2.24) is 9.21 Å². The normalized spacial score (nSPS) is 18.6. The van der Waals surface area contributed by atoms with Crippen LogP contribution in [0.25, 0.3) is 0 Å². The molecular weight excluding hydrogens is 486 g/mol. The molecule has 35 heavy (non-hydrogen) atoms. The van der Waals surface area contributed by atoms with Gasteiger partial charge >= 0.3 is 0 Å². The second-order valence-electron chi connectivity index (χ2n) is 8.66. The molecule has 3 aromatic rings. The van der Waals surface area contributed by atoms with Crippen molar-refractivity contribution in [2.75, 3.05) is 25.0 Å². The number of fused-ring (bicyclic) bond motifs is 1. The van der Waals surface area contributed by atoms with Crippen LogP contribution in [0.5, 0.6) is 0 Å². The van der Waals surface area contributed by atoms with Gasteiger partial charge in [0.1, 0.15) is 6.54 Å². The molecule has 0 unspecified atom stereocenters. The number of hydrogen-bond acceptors (Lipinski definition) is 4. The van der Waals surface area contributed by atoms with Gasteiger partial charge in [-0.15, -0.1) is 0 Å². The van der Waals surface area contributed by atoms with E-state index in [9.17, 15) is 18.0 Å². The molecule has 1 atom stereocenters. The van der Waals surface area contributed by atoms with Crippen LogP contribution in [0, 0.1) is 0 Å². The lowest BCUT2D eigenvalue weighted by Crippen LogP contribution is -2.39. The molecule has 1 N–H and O–H groups in total. The predicted octanol–water partition coefficient (Wildman–Crippen LogP) is 4.31. The summed E-state index contributed by atoms with van der Waals surface area (Å²) in [5, 5.41) is 3.36. The van der Waals surface area contributed by atoms with Crippen LogP contribution in [0.2, 0.25) is 5.02 Å². The number of hydrogen-bond donors (Lipinski definition) is 1. The minimum absolute atomic E-state index is 0.154. The maximum Gasteiger partial charge on any atom is 0.255 e. The average Bonchev–Trinajstić information content (AvgIpc) is 3.37. The second-order valence-corrected chi connectivity index (χ2v) is 11.0. The Bertz CT molecular complexity index is 1370. The van der Waals surface area contributed by atoms with E-state index >= 15 is 0 Å². The number of amides is 2. The smallest absolute Gasteiger partial charge is 0.255 e. The molecule has 0 bridgehead atoms. The van der Waals surface area contributed by atoms with Crippen LogP contribution < -0.4 is 5.32 Å². The molecule has 2 aliphatic heterocycles. The minimum atomic E-state index is -3.59.